The number of hydrogen-bond acceptors (Lipinski definition) is 4. The van der Waals surface area contributed by atoms with E-state index in [1.165, 1.54) is 0 Å². The van der Waals surface area contributed by atoms with Gasteiger partial charge in [0.15, 0.2) is 0 Å². The molecule has 2 aromatic carbocycles. The van der Waals surface area contributed by atoms with Crippen molar-refractivity contribution >= 4 is 5.91 Å². The molecule has 0 radical (unpaired) electrons. The van der Waals surface area contributed by atoms with Crippen molar-refractivity contribution in [2.24, 2.45) is 0 Å². The van der Waals surface area contributed by atoms with Crippen LogP contribution in [0.15, 0.2) is 48.5 Å². The zero-order valence-corrected chi connectivity index (χ0v) is 16.8. The molecule has 150 valence electrons. The summed E-state index contributed by atoms with van der Waals surface area (Å²) in [7, 11) is 0. The van der Waals surface area contributed by atoms with Crippen LogP contribution in [0.2, 0.25) is 0 Å². The first-order valence-corrected chi connectivity index (χ1v) is 9.97. The van der Waals surface area contributed by atoms with Gasteiger partial charge in [0, 0.05) is 31.7 Å². The molecule has 1 aliphatic heterocycles. The zero-order chi connectivity index (χ0) is 19.9. The summed E-state index contributed by atoms with van der Waals surface area (Å²) in [5, 5.41) is 10.4. The van der Waals surface area contributed by atoms with E-state index in [2.05, 4.69) is 11.0 Å². The predicted molar refractivity (Wildman–Crippen MR) is 111 cm³/mol. The Labute approximate surface area is 167 Å². The van der Waals surface area contributed by atoms with Gasteiger partial charge >= 0.3 is 0 Å². The van der Waals surface area contributed by atoms with Gasteiger partial charge in [-0.25, -0.2) is 0 Å². The third-order valence-corrected chi connectivity index (χ3v) is 5.00. The Kier molecular flexibility index (Phi) is 7.06. The number of ether oxygens (including phenoxy) is 1. The highest BCUT2D eigenvalue weighted by atomic mass is 16.5. The average molecular weight is 383 g/mol. The van der Waals surface area contributed by atoms with Crippen LogP contribution in [0.5, 0.6) is 5.75 Å². The maximum atomic E-state index is 12.6. The van der Waals surface area contributed by atoms with Crippen molar-refractivity contribution in [1.82, 2.24) is 9.80 Å². The molecule has 1 aliphatic rings. The van der Waals surface area contributed by atoms with Crippen molar-refractivity contribution in [2.45, 2.75) is 26.4 Å². The molecule has 3 rings (SSSR count). The van der Waals surface area contributed by atoms with Crippen LogP contribution >= 0.6 is 0 Å². The third kappa shape index (κ3) is 5.81. The molecule has 1 fully saturated rings. The number of aryl methyl sites for hydroxylation is 2. The monoisotopic (exact) mass is 382 g/mol. The Morgan fingerprint density at radius 1 is 1.04 bits per heavy atom. The summed E-state index contributed by atoms with van der Waals surface area (Å²) in [4.78, 5) is 16.8. The van der Waals surface area contributed by atoms with E-state index in [-0.39, 0.29) is 12.5 Å². The second-order valence-electron chi connectivity index (χ2n) is 7.60. The van der Waals surface area contributed by atoms with Gasteiger partial charge in [-0.05, 0) is 62.2 Å². The Balaban J connectivity index is 1.47. The Bertz CT molecular complexity index is 758. The van der Waals surface area contributed by atoms with E-state index >= 15 is 0 Å². The van der Waals surface area contributed by atoms with Crippen molar-refractivity contribution < 1.29 is 14.6 Å². The van der Waals surface area contributed by atoms with Crippen LogP contribution in [0, 0.1) is 13.8 Å². The molecule has 1 N–H and O–H groups in total. The van der Waals surface area contributed by atoms with Gasteiger partial charge in [-0.1, -0.05) is 24.3 Å². The van der Waals surface area contributed by atoms with E-state index < -0.39 is 6.10 Å². The van der Waals surface area contributed by atoms with Crippen molar-refractivity contribution in [3.05, 3.63) is 65.2 Å². The quantitative estimate of drug-likeness (QED) is 0.835. The van der Waals surface area contributed by atoms with Gasteiger partial charge in [0.25, 0.3) is 5.91 Å². The number of nitrogens with zero attached hydrogens (tertiary/aromatic N) is 2. The average Bonchev–Trinajstić information content (AvgIpc) is 2.91. The molecule has 1 unspecified atom stereocenters. The second-order valence-corrected chi connectivity index (χ2v) is 7.60. The summed E-state index contributed by atoms with van der Waals surface area (Å²) in [5.74, 6) is 0.883. The van der Waals surface area contributed by atoms with Gasteiger partial charge in [-0.3, -0.25) is 9.69 Å². The summed E-state index contributed by atoms with van der Waals surface area (Å²) >= 11 is 0. The van der Waals surface area contributed by atoms with Crippen molar-refractivity contribution in [3.63, 3.8) is 0 Å². The standard InChI is InChI=1S/C23H30N2O3/c1-18-13-19(2)15-22(14-18)28-17-21(26)16-24-9-6-10-25(12-11-24)23(27)20-7-4-3-5-8-20/h3-5,7-8,13-15,21,26H,6,9-12,16-17H2,1-2H3. The van der Waals surface area contributed by atoms with E-state index in [0.717, 1.165) is 48.5 Å². The van der Waals surface area contributed by atoms with E-state index in [1.54, 1.807) is 0 Å². The number of aliphatic hydroxyl groups is 1. The number of rotatable bonds is 6. The zero-order valence-electron chi connectivity index (χ0n) is 16.8. The Morgan fingerprint density at radius 3 is 2.46 bits per heavy atom. The number of hydrogen-bond donors (Lipinski definition) is 1. The fourth-order valence-electron chi connectivity index (χ4n) is 3.68. The minimum absolute atomic E-state index is 0.0844. The van der Waals surface area contributed by atoms with Crippen LogP contribution in [0.1, 0.15) is 27.9 Å². The highest BCUT2D eigenvalue weighted by Crippen LogP contribution is 2.16. The number of β-amino-alcohol motifs (C(OH)–C–C–N with tert-alkyl or cyclic N) is 1. The smallest absolute Gasteiger partial charge is 0.253 e. The van der Waals surface area contributed by atoms with E-state index in [0.29, 0.717) is 13.1 Å². The molecule has 0 bridgehead atoms. The maximum Gasteiger partial charge on any atom is 0.253 e. The lowest BCUT2D eigenvalue weighted by Gasteiger charge is -2.24. The first kappa shape index (κ1) is 20.4. The van der Waals surface area contributed by atoms with Gasteiger partial charge in [-0.15, -0.1) is 0 Å². The van der Waals surface area contributed by atoms with Gasteiger partial charge in [0.1, 0.15) is 18.5 Å². The van der Waals surface area contributed by atoms with E-state index in [9.17, 15) is 9.90 Å². The highest BCUT2D eigenvalue weighted by molar-refractivity contribution is 5.94. The first-order chi connectivity index (χ1) is 13.5. The van der Waals surface area contributed by atoms with Crippen LogP contribution in [-0.4, -0.2) is 66.2 Å². The van der Waals surface area contributed by atoms with Crippen LogP contribution in [-0.2, 0) is 0 Å². The maximum absolute atomic E-state index is 12.6. The second kappa shape index (κ2) is 9.71. The summed E-state index contributed by atoms with van der Waals surface area (Å²) < 4.78 is 5.78. The lowest BCUT2D eigenvalue weighted by atomic mass is 10.1. The summed E-state index contributed by atoms with van der Waals surface area (Å²) in [5.41, 5.74) is 3.04. The minimum Gasteiger partial charge on any atom is -0.491 e. The number of carbonyl (C=O) groups excluding carboxylic acids is 1. The molecule has 5 nitrogen and oxygen atoms in total. The summed E-state index contributed by atoms with van der Waals surface area (Å²) in [6.45, 7) is 7.96. The minimum atomic E-state index is -0.558. The summed E-state index contributed by atoms with van der Waals surface area (Å²) in [6, 6.07) is 15.5. The highest BCUT2D eigenvalue weighted by Gasteiger charge is 2.21. The molecular formula is C23H30N2O3. The van der Waals surface area contributed by atoms with E-state index in [4.69, 9.17) is 4.74 Å². The molecule has 1 saturated heterocycles. The lowest BCUT2D eigenvalue weighted by Crippen LogP contribution is -2.39. The van der Waals surface area contributed by atoms with Crippen LogP contribution < -0.4 is 4.74 Å². The first-order valence-electron chi connectivity index (χ1n) is 9.97. The predicted octanol–water partition coefficient (Wildman–Crippen LogP) is 2.89. The van der Waals surface area contributed by atoms with Gasteiger partial charge < -0.3 is 14.7 Å². The SMILES string of the molecule is Cc1cc(C)cc(OCC(O)CN2CCCN(C(=O)c3ccccc3)CC2)c1. The Hall–Kier alpha value is -2.37. The number of amides is 1. The molecule has 1 atom stereocenters. The normalized spacial score (nSPS) is 16.5. The molecule has 0 saturated carbocycles. The van der Waals surface area contributed by atoms with Crippen molar-refractivity contribution in [3.8, 4) is 5.75 Å². The van der Waals surface area contributed by atoms with Gasteiger partial charge in [-0.2, -0.15) is 0 Å². The molecule has 0 spiro atoms. The molecule has 5 heteroatoms. The lowest BCUT2D eigenvalue weighted by molar-refractivity contribution is 0.0670. The molecule has 1 amide bonds. The van der Waals surface area contributed by atoms with Crippen LogP contribution in [0.25, 0.3) is 0 Å². The molecule has 0 aromatic heterocycles. The third-order valence-electron chi connectivity index (χ3n) is 5.00. The fraction of sp³-hybridized carbons (Fsp3) is 0.435. The number of carbonyl (C=O) groups is 1. The number of aliphatic hydroxyl groups excluding tert-OH is 1. The van der Waals surface area contributed by atoms with Crippen molar-refractivity contribution in [1.29, 1.82) is 0 Å². The number of benzene rings is 2. The molecule has 2 aromatic rings. The fourth-order valence-corrected chi connectivity index (χ4v) is 3.68. The van der Waals surface area contributed by atoms with Gasteiger partial charge in [0.05, 0.1) is 0 Å². The van der Waals surface area contributed by atoms with E-state index in [1.807, 2.05) is 61.2 Å². The molecule has 0 aliphatic carbocycles. The largest absolute Gasteiger partial charge is 0.491 e. The summed E-state index contributed by atoms with van der Waals surface area (Å²) in [6.07, 6.45) is 0.348. The van der Waals surface area contributed by atoms with Crippen LogP contribution in [0.4, 0.5) is 0 Å². The van der Waals surface area contributed by atoms with Crippen molar-refractivity contribution in [2.75, 3.05) is 39.3 Å². The Morgan fingerprint density at radius 2 is 1.75 bits per heavy atom. The van der Waals surface area contributed by atoms with Gasteiger partial charge in [0.2, 0.25) is 0 Å². The molecule has 28 heavy (non-hydrogen) atoms. The molecular weight excluding hydrogens is 352 g/mol. The molecule has 1 heterocycles. The topological polar surface area (TPSA) is 53.0 Å². The van der Waals surface area contributed by atoms with Crippen LogP contribution in [0.3, 0.4) is 0 Å².